The zero-order chi connectivity index (χ0) is 22.2. The first-order valence-electron chi connectivity index (χ1n) is 9.32. The molecule has 0 amide bonds. The lowest BCUT2D eigenvalue weighted by atomic mass is 10.1. The van der Waals surface area contributed by atoms with Crippen LogP contribution in [0, 0.1) is 17.6 Å². The van der Waals surface area contributed by atoms with Gasteiger partial charge in [0, 0.05) is 36.1 Å². The van der Waals surface area contributed by atoms with Gasteiger partial charge in [-0.1, -0.05) is 0 Å². The molecule has 2 aromatic heterocycles. The molecule has 1 fully saturated rings. The van der Waals surface area contributed by atoms with Crippen LogP contribution in [0.25, 0.3) is 11.3 Å². The first-order chi connectivity index (χ1) is 14.8. The summed E-state index contributed by atoms with van der Waals surface area (Å²) < 4.78 is 56.2. The van der Waals surface area contributed by atoms with E-state index in [9.17, 15) is 22.0 Å². The van der Waals surface area contributed by atoms with E-state index in [1.54, 1.807) is 6.07 Å². The zero-order valence-corrected chi connectivity index (χ0v) is 16.9. The second-order valence-corrected chi connectivity index (χ2v) is 8.85. The van der Waals surface area contributed by atoms with Crippen molar-refractivity contribution in [1.82, 2.24) is 19.7 Å². The summed E-state index contributed by atoms with van der Waals surface area (Å²) in [5.41, 5.74) is 5.19. The van der Waals surface area contributed by atoms with E-state index < -0.39 is 32.3 Å². The van der Waals surface area contributed by atoms with E-state index >= 15 is 0 Å². The van der Waals surface area contributed by atoms with Crippen LogP contribution in [0.3, 0.4) is 0 Å². The van der Waals surface area contributed by atoms with E-state index in [0.717, 1.165) is 25.1 Å². The molecular formula is C20H17F2N5O3S. The lowest BCUT2D eigenvalue weighted by molar-refractivity contribution is 0.103. The summed E-state index contributed by atoms with van der Waals surface area (Å²) in [6.45, 7) is 0.180. The van der Waals surface area contributed by atoms with Crippen LogP contribution in [0.1, 0.15) is 28.9 Å². The predicted molar refractivity (Wildman–Crippen MR) is 107 cm³/mol. The molecular weight excluding hydrogens is 428 g/mol. The van der Waals surface area contributed by atoms with E-state index in [1.165, 1.54) is 18.5 Å². The standard InChI is InChI=1S/C20H17F2N5O3S/c21-14-7-15(22)17(31(29,30)26-8-11-3-4-11)6-13(14)16-10-25-20(23)18(27-16)19(28)12-2-1-5-24-9-12/h1-2,5-7,9-11,26H,3-4,8H2,(H2,23,25). The number of nitrogen functional groups attached to an aromatic ring is 1. The van der Waals surface area contributed by atoms with Gasteiger partial charge in [0.1, 0.15) is 16.5 Å². The molecule has 1 saturated carbocycles. The lowest BCUT2D eigenvalue weighted by Gasteiger charge is -2.11. The van der Waals surface area contributed by atoms with Crippen molar-refractivity contribution >= 4 is 21.6 Å². The molecule has 4 rings (SSSR count). The topological polar surface area (TPSA) is 128 Å². The highest BCUT2D eigenvalue weighted by Gasteiger charge is 2.27. The van der Waals surface area contributed by atoms with Crippen molar-refractivity contribution in [3.8, 4) is 11.3 Å². The average molecular weight is 445 g/mol. The number of rotatable bonds is 7. The highest BCUT2D eigenvalue weighted by atomic mass is 32.2. The van der Waals surface area contributed by atoms with Crippen molar-refractivity contribution in [2.75, 3.05) is 12.3 Å². The first kappa shape index (κ1) is 20.9. The third kappa shape index (κ3) is 4.42. The quantitative estimate of drug-likeness (QED) is 0.534. The monoisotopic (exact) mass is 445 g/mol. The summed E-state index contributed by atoms with van der Waals surface area (Å²) in [7, 11) is -4.21. The number of sulfonamides is 1. The number of nitrogens with one attached hydrogen (secondary N) is 1. The predicted octanol–water partition coefficient (Wildman–Crippen LogP) is 2.32. The summed E-state index contributed by atoms with van der Waals surface area (Å²) in [6, 6.07) is 4.34. The molecule has 3 N–H and O–H groups in total. The van der Waals surface area contributed by atoms with Crippen molar-refractivity contribution < 1.29 is 22.0 Å². The fourth-order valence-corrected chi connectivity index (χ4v) is 4.09. The average Bonchev–Trinajstić information content (AvgIpc) is 3.58. The maximum atomic E-state index is 14.5. The van der Waals surface area contributed by atoms with Gasteiger partial charge in [0.15, 0.2) is 11.5 Å². The molecule has 0 bridgehead atoms. The molecule has 3 aromatic rings. The minimum absolute atomic E-state index is 0.169. The Morgan fingerprint density at radius 2 is 1.97 bits per heavy atom. The number of hydrogen-bond donors (Lipinski definition) is 2. The molecule has 2 heterocycles. The van der Waals surface area contributed by atoms with Gasteiger partial charge in [0.2, 0.25) is 15.8 Å². The van der Waals surface area contributed by atoms with Gasteiger partial charge >= 0.3 is 0 Å². The Balaban J connectivity index is 1.75. The molecule has 0 unspecified atom stereocenters. The number of carbonyl (C=O) groups excluding carboxylic acids is 1. The first-order valence-corrected chi connectivity index (χ1v) is 10.8. The molecule has 0 aliphatic heterocycles. The Morgan fingerprint density at radius 1 is 1.19 bits per heavy atom. The Bertz CT molecular complexity index is 1270. The van der Waals surface area contributed by atoms with Gasteiger partial charge in [-0.2, -0.15) is 0 Å². The normalized spacial score (nSPS) is 13.9. The minimum atomic E-state index is -4.21. The summed E-state index contributed by atoms with van der Waals surface area (Å²) in [6.07, 6.45) is 5.67. The molecule has 0 radical (unpaired) electrons. The van der Waals surface area contributed by atoms with Crippen LogP contribution in [-0.2, 0) is 10.0 Å². The number of aromatic nitrogens is 3. The van der Waals surface area contributed by atoms with Gasteiger partial charge in [-0.05, 0) is 37.0 Å². The minimum Gasteiger partial charge on any atom is -0.382 e. The number of nitrogens with zero attached hydrogens (tertiary/aromatic N) is 3. The van der Waals surface area contributed by atoms with Crippen molar-refractivity contribution in [2.45, 2.75) is 17.7 Å². The Labute approximate surface area is 176 Å². The molecule has 8 nitrogen and oxygen atoms in total. The van der Waals surface area contributed by atoms with Crippen LogP contribution in [0.2, 0.25) is 0 Å². The van der Waals surface area contributed by atoms with E-state index in [2.05, 4.69) is 19.7 Å². The third-order valence-corrected chi connectivity index (χ3v) is 6.22. The molecule has 31 heavy (non-hydrogen) atoms. The molecule has 0 spiro atoms. The third-order valence-electron chi connectivity index (χ3n) is 4.79. The Hall–Kier alpha value is -3.31. The highest BCUT2D eigenvalue weighted by molar-refractivity contribution is 7.89. The number of nitrogens with two attached hydrogens (primary N) is 1. The van der Waals surface area contributed by atoms with Crippen LogP contribution in [0.15, 0.2) is 47.8 Å². The fraction of sp³-hybridized carbons (Fsp3) is 0.200. The molecule has 160 valence electrons. The number of benzene rings is 1. The summed E-state index contributed by atoms with van der Waals surface area (Å²) in [5.74, 6) is -2.86. The number of ketones is 1. The number of pyridine rings is 1. The van der Waals surface area contributed by atoms with Crippen LogP contribution in [0.4, 0.5) is 14.6 Å². The molecule has 1 aromatic carbocycles. The van der Waals surface area contributed by atoms with E-state index in [4.69, 9.17) is 5.73 Å². The summed E-state index contributed by atoms with van der Waals surface area (Å²) in [4.78, 5) is 23.8. The summed E-state index contributed by atoms with van der Waals surface area (Å²) in [5, 5.41) is 0. The van der Waals surface area contributed by atoms with Gasteiger partial charge < -0.3 is 5.73 Å². The molecule has 1 aliphatic rings. The largest absolute Gasteiger partial charge is 0.382 e. The molecule has 0 saturated heterocycles. The number of halogens is 2. The van der Waals surface area contributed by atoms with Gasteiger partial charge in [0.25, 0.3) is 0 Å². The van der Waals surface area contributed by atoms with Crippen LogP contribution >= 0.6 is 0 Å². The maximum Gasteiger partial charge on any atom is 0.243 e. The van der Waals surface area contributed by atoms with Crippen LogP contribution in [-0.4, -0.2) is 35.7 Å². The van der Waals surface area contributed by atoms with E-state index in [1.807, 2.05) is 0 Å². The van der Waals surface area contributed by atoms with Crippen molar-refractivity contribution in [3.05, 3.63) is 65.7 Å². The summed E-state index contributed by atoms with van der Waals surface area (Å²) >= 11 is 0. The fourth-order valence-electron chi connectivity index (χ4n) is 2.89. The Morgan fingerprint density at radius 3 is 2.65 bits per heavy atom. The van der Waals surface area contributed by atoms with E-state index in [-0.39, 0.29) is 40.8 Å². The second-order valence-electron chi connectivity index (χ2n) is 7.12. The van der Waals surface area contributed by atoms with Gasteiger partial charge in [-0.15, -0.1) is 0 Å². The van der Waals surface area contributed by atoms with Gasteiger partial charge in [0.05, 0.1) is 11.9 Å². The number of anilines is 1. The lowest BCUT2D eigenvalue weighted by Crippen LogP contribution is -2.26. The number of hydrogen-bond acceptors (Lipinski definition) is 7. The zero-order valence-electron chi connectivity index (χ0n) is 16.0. The Kier molecular flexibility index (Phi) is 5.46. The highest BCUT2D eigenvalue weighted by Crippen LogP contribution is 2.30. The maximum absolute atomic E-state index is 14.5. The molecule has 0 atom stereocenters. The smallest absolute Gasteiger partial charge is 0.243 e. The van der Waals surface area contributed by atoms with Crippen LogP contribution < -0.4 is 10.5 Å². The second kappa shape index (κ2) is 8.08. The molecule has 11 heteroatoms. The van der Waals surface area contributed by atoms with E-state index in [0.29, 0.717) is 6.07 Å². The van der Waals surface area contributed by atoms with Crippen molar-refractivity contribution in [3.63, 3.8) is 0 Å². The van der Waals surface area contributed by atoms with Gasteiger partial charge in [-0.25, -0.2) is 31.9 Å². The molecule has 1 aliphatic carbocycles. The number of carbonyl (C=O) groups is 1. The SMILES string of the molecule is Nc1ncc(-c2cc(S(=O)(=O)NCC3CC3)c(F)cc2F)nc1C(=O)c1cccnc1. The van der Waals surface area contributed by atoms with Crippen LogP contribution in [0.5, 0.6) is 0 Å². The van der Waals surface area contributed by atoms with Gasteiger partial charge in [-0.3, -0.25) is 9.78 Å². The van der Waals surface area contributed by atoms with Crippen molar-refractivity contribution in [2.24, 2.45) is 5.92 Å². The van der Waals surface area contributed by atoms with Crippen molar-refractivity contribution in [1.29, 1.82) is 0 Å².